The number of thiophene rings is 1. The van der Waals surface area contributed by atoms with Crippen LogP contribution in [0.5, 0.6) is 0 Å². The first-order valence-corrected chi connectivity index (χ1v) is 13.0. The van der Waals surface area contributed by atoms with Crippen molar-refractivity contribution < 1.29 is 18.3 Å². The number of para-hydroxylation sites is 1. The lowest BCUT2D eigenvalue weighted by atomic mass is 10.0. The van der Waals surface area contributed by atoms with E-state index >= 15 is 0 Å². The molecule has 4 aromatic rings. The zero-order valence-corrected chi connectivity index (χ0v) is 19.8. The molecule has 5 rings (SSSR count). The maximum absolute atomic E-state index is 13.6. The van der Waals surface area contributed by atoms with Crippen LogP contribution in [-0.4, -0.2) is 35.6 Å². The quantitative estimate of drug-likeness (QED) is 0.398. The Labute approximate surface area is 203 Å². The van der Waals surface area contributed by atoms with Crippen LogP contribution in [0.25, 0.3) is 22.7 Å². The summed E-state index contributed by atoms with van der Waals surface area (Å²) in [5.41, 5.74) is 0.522. The first-order valence-electron chi connectivity index (χ1n) is 10.7. The van der Waals surface area contributed by atoms with Gasteiger partial charge in [-0.25, -0.2) is 22.6 Å². The van der Waals surface area contributed by atoms with Crippen LogP contribution in [0.4, 0.5) is 5.69 Å². The summed E-state index contributed by atoms with van der Waals surface area (Å²) in [6, 6.07) is 13.0. The first-order chi connectivity index (χ1) is 16.8. The molecule has 2 aromatic heterocycles. The number of nitrogens with one attached hydrogen (secondary N) is 1. The van der Waals surface area contributed by atoms with Gasteiger partial charge in [-0.2, -0.15) is 0 Å². The minimum atomic E-state index is -3.96. The molecular weight excluding hydrogens is 490 g/mol. The number of benzene rings is 2. The van der Waals surface area contributed by atoms with Gasteiger partial charge in [0.05, 0.1) is 27.2 Å². The van der Waals surface area contributed by atoms with Gasteiger partial charge in [-0.15, -0.1) is 11.3 Å². The zero-order chi connectivity index (χ0) is 24.7. The molecular formula is C24H19N3O6S2. The fourth-order valence-electron chi connectivity index (χ4n) is 4.22. The third kappa shape index (κ3) is 3.98. The topological polar surface area (TPSA) is 130 Å². The third-order valence-corrected chi connectivity index (χ3v) is 8.55. The molecule has 1 aliphatic heterocycles. The molecule has 35 heavy (non-hydrogen) atoms. The lowest BCUT2D eigenvalue weighted by Crippen LogP contribution is -2.36. The van der Waals surface area contributed by atoms with Crippen molar-refractivity contribution in [3.05, 3.63) is 91.3 Å². The number of rotatable bonds is 5. The second kappa shape index (κ2) is 8.67. The van der Waals surface area contributed by atoms with Crippen LogP contribution in [0.1, 0.15) is 16.9 Å². The molecule has 1 aliphatic rings. The van der Waals surface area contributed by atoms with Crippen molar-refractivity contribution in [2.75, 3.05) is 10.8 Å². The highest BCUT2D eigenvalue weighted by Gasteiger charge is 2.29. The van der Waals surface area contributed by atoms with Gasteiger partial charge in [0.15, 0.2) is 0 Å². The van der Waals surface area contributed by atoms with E-state index in [2.05, 4.69) is 4.98 Å². The number of aliphatic carboxylic acids is 1. The Morgan fingerprint density at radius 1 is 1.11 bits per heavy atom. The predicted molar refractivity (Wildman–Crippen MR) is 134 cm³/mol. The molecule has 9 nitrogen and oxygen atoms in total. The Morgan fingerprint density at radius 2 is 1.91 bits per heavy atom. The Hall–Kier alpha value is -3.96. The van der Waals surface area contributed by atoms with Crippen molar-refractivity contribution in [3.63, 3.8) is 0 Å². The van der Waals surface area contributed by atoms with Crippen LogP contribution in [0.15, 0.2) is 74.5 Å². The van der Waals surface area contributed by atoms with E-state index in [0.29, 0.717) is 23.5 Å². The van der Waals surface area contributed by atoms with E-state index in [0.717, 1.165) is 34.0 Å². The number of hydrogen-bond donors (Lipinski definition) is 2. The number of carbonyl (C=O) groups is 1. The van der Waals surface area contributed by atoms with E-state index < -0.39 is 27.2 Å². The minimum Gasteiger partial charge on any atom is -0.478 e. The van der Waals surface area contributed by atoms with Crippen LogP contribution < -0.4 is 15.6 Å². The van der Waals surface area contributed by atoms with Crippen molar-refractivity contribution in [1.29, 1.82) is 0 Å². The van der Waals surface area contributed by atoms with Crippen LogP contribution in [-0.2, 0) is 21.2 Å². The molecule has 0 spiro atoms. The highest BCUT2D eigenvalue weighted by molar-refractivity contribution is 7.92. The van der Waals surface area contributed by atoms with Gasteiger partial charge in [-0.1, -0.05) is 24.3 Å². The monoisotopic (exact) mass is 509 g/mol. The molecule has 178 valence electrons. The van der Waals surface area contributed by atoms with Gasteiger partial charge in [0.25, 0.3) is 15.6 Å². The van der Waals surface area contributed by atoms with E-state index in [9.17, 15) is 22.8 Å². The fourth-order valence-corrected chi connectivity index (χ4v) is 6.69. The summed E-state index contributed by atoms with van der Waals surface area (Å²) >= 11 is 1.12. The standard InChI is InChI=1S/C24H19N3O6S2/c28-21(29)11-10-20-22-18(14-34-20)25-24(31)27(23(22)30)16-7-3-8-17(13-16)35(32,33)26-12-4-6-15-5-1-2-9-19(15)26/h1-3,5,7-11,13-14H,4,6,12H2,(H,25,31)(H,28,29). The zero-order valence-electron chi connectivity index (χ0n) is 18.2. The number of hydrogen-bond acceptors (Lipinski definition) is 6. The lowest BCUT2D eigenvalue weighted by molar-refractivity contribution is -0.131. The molecule has 0 aliphatic carbocycles. The molecule has 3 heterocycles. The van der Waals surface area contributed by atoms with E-state index in [1.54, 1.807) is 17.5 Å². The molecule has 0 unspecified atom stereocenters. The van der Waals surface area contributed by atoms with E-state index in [-0.39, 0.29) is 21.5 Å². The smallest absolute Gasteiger partial charge is 0.333 e. The van der Waals surface area contributed by atoms with Gasteiger partial charge in [-0.3, -0.25) is 9.10 Å². The van der Waals surface area contributed by atoms with E-state index in [1.807, 2.05) is 12.1 Å². The van der Waals surface area contributed by atoms with Crippen LogP contribution in [0.3, 0.4) is 0 Å². The average Bonchev–Trinajstić information content (AvgIpc) is 3.25. The highest BCUT2D eigenvalue weighted by Crippen LogP contribution is 2.32. The lowest BCUT2D eigenvalue weighted by Gasteiger charge is -2.30. The molecule has 0 saturated heterocycles. The van der Waals surface area contributed by atoms with Gasteiger partial charge >= 0.3 is 11.7 Å². The molecule has 0 saturated carbocycles. The number of fused-ring (bicyclic) bond motifs is 2. The normalized spacial score (nSPS) is 13.9. The number of aromatic nitrogens is 2. The van der Waals surface area contributed by atoms with E-state index in [4.69, 9.17) is 5.11 Å². The van der Waals surface area contributed by atoms with E-state index in [1.165, 1.54) is 34.6 Å². The number of sulfonamides is 1. The Balaban J connectivity index is 1.64. The largest absolute Gasteiger partial charge is 0.478 e. The van der Waals surface area contributed by atoms with Gasteiger partial charge in [0.2, 0.25) is 0 Å². The summed E-state index contributed by atoms with van der Waals surface area (Å²) in [4.78, 5) is 40.0. The summed E-state index contributed by atoms with van der Waals surface area (Å²) in [7, 11) is -3.96. The molecule has 2 aromatic carbocycles. The van der Waals surface area contributed by atoms with Crippen molar-refractivity contribution in [3.8, 4) is 5.69 Å². The minimum absolute atomic E-state index is 0.0468. The first kappa shape index (κ1) is 22.8. The number of carboxylic acids is 1. The van der Waals surface area contributed by atoms with Crippen LogP contribution in [0, 0.1) is 0 Å². The van der Waals surface area contributed by atoms with Crippen LogP contribution in [0.2, 0.25) is 0 Å². The summed E-state index contributed by atoms with van der Waals surface area (Å²) in [5, 5.41) is 10.6. The number of H-pyrrole nitrogens is 1. The van der Waals surface area contributed by atoms with Gasteiger partial charge in [-0.05, 0) is 48.7 Å². The Morgan fingerprint density at radius 3 is 2.71 bits per heavy atom. The number of anilines is 1. The summed E-state index contributed by atoms with van der Waals surface area (Å²) in [6.07, 6.45) is 3.65. The van der Waals surface area contributed by atoms with Crippen molar-refractivity contribution in [2.45, 2.75) is 17.7 Å². The molecule has 0 atom stereocenters. The molecule has 0 amide bonds. The number of nitrogens with zero attached hydrogens (tertiary/aromatic N) is 2. The van der Waals surface area contributed by atoms with Gasteiger partial charge < -0.3 is 10.1 Å². The molecule has 0 radical (unpaired) electrons. The average molecular weight is 510 g/mol. The number of carboxylic acid groups (broad SMARTS) is 1. The Kier molecular flexibility index (Phi) is 5.65. The van der Waals surface area contributed by atoms with Crippen molar-refractivity contribution in [2.24, 2.45) is 0 Å². The van der Waals surface area contributed by atoms with Gasteiger partial charge in [0, 0.05) is 22.9 Å². The second-order valence-electron chi connectivity index (χ2n) is 7.94. The summed E-state index contributed by atoms with van der Waals surface area (Å²) in [6.45, 7) is 0.324. The second-order valence-corrected chi connectivity index (χ2v) is 10.7. The third-order valence-electron chi connectivity index (χ3n) is 5.79. The van der Waals surface area contributed by atoms with Crippen molar-refractivity contribution >= 4 is 50.0 Å². The predicted octanol–water partition coefficient (Wildman–Crippen LogP) is 2.98. The van der Waals surface area contributed by atoms with Crippen LogP contribution >= 0.6 is 11.3 Å². The maximum Gasteiger partial charge on any atom is 0.333 e. The molecule has 0 fully saturated rings. The Bertz CT molecular complexity index is 1730. The fraction of sp³-hybridized carbons (Fsp3) is 0.125. The highest BCUT2D eigenvalue weighted by atomic mass is 32.2. The number of aryl methyl sites for hydroxylation is 1. The summed E-state index contributed by atoms with van der Waals surface area (Å²) < 4.78 is 29.3. The van der Waals surface area contributed by atoms with Gasteiger partial charge in [0.1, 0.15) is 0 Å². The molecule has 2 N–H and O–H groups in total. The SMILES string of the molecule is O=C(O)C=Cc1scc2[nH]c(=O)n(-c3cccc(S(=O)(=O)N4CCCc5ccccc54)c3)c(=O)c12. The molecule has 0 bridgehead atoms. The number of aromatic amines is 1. The maximum atomic E-state index is 13.6. The summed E-state index contributed by atoms with van der Waals surface area (Å²) in [5.74, 6) is -1.17. The van der Waals surface area contributed by atoms with Crippen molar-refractivity contribution in [1.82, 2.24) is 9.55 Å². The molecule has 11 heteroatoms.